The zero-order valence-electron chi connectivity index (χ0n) is 63.0. The lowest BCUT2D eigenvalue weighted by Gasteiger charge is -2.21. The number of unbranched alkanes of at least 4 members (excludes halogenated alkanes) is 38. The first-order chi connectivity index (χ1) is 46.8. The molecule has 0 saturated heterocycles. The molecule has 0 fully saturated rings. The van der Waals surface area contributed by atoms with Crippen LogP contribution in [0.5, 0.6) is 0 Å². The van der Waals surface area contributed by atoms with E-state index in [0.717, 1.165) is 127 Å². The summed E-state index contributed by atoms with van der Waals surface area (Å²) >= 11 is 0. The highest BCUT2D eigenvalue weighted by Gasteiger charge is 2.30. The smallest absolute Gasteiger partial charge is 0.462 e. The third kappa shape index (κ3) is 70.4. The van der Waals surface area contributed by atoms with Gasteiger partial charge in [0.25, 0.3) is 0 Å². The number of hydrogen-bond donors (Lipinski definition) is 3. The van der Waals surface area contributed by atoms with Gasteiger partial charge in [-0.05, 0) is 69.1 Å². The highest BCUT2D eigenvalue weighted by atomic mass is 31.2. The zero-order chi connectivity index (χ0) is 71.6. The van der Waals surface area contributed by atoms with E-state index in [0.29, 0.717) is 25.7 Å². The first kappa shape index (κ1) is 94.5. The summed E-state index contributed by atoms with van der Waals surface area (Å²) in [6, 6.07) is 0. The van der Waals surface area contributed by atoms with Crippen molar-refractivity contribution >= 4 is 39.5 Å². The molecule has 0 saturated carbocycles. The van der Waals surface area contributed by atoms with Gasteiger partial charge in [-0.3, -0.25) is 37.3 Å². The van der Waals surface area contributed by atoms with Crippen molar-refractivity contribution in [3.05, 3.63) is 24.3 Å². The van der Waals surface area contributed by atoms with Crippen molar-refractivity contribution in [3.63, 3.8) is 0 Å². The van der Waals surface area contributed by atoms with Crippen molar-refractivity contribution < 1.29 is 80.2 Å². The fourth-order valence-corrected chi connectivity index (χ4v) is 13.0. The summed E-state index contributed by atoms with van der Waals surface area (Å²) in [5, 5.41) is 10.6. The van der Waals surface area contributed by atoms with E-state index in [9.17, 15) is 43.2 Å². The van der Waals surface area contributed by atoms with Crippen LogP contribution in [0.3, 0.4) is 0 Å². The Morgan fingerprint density at radius 1 is 0.340 bits per heavy atom. The summed E-state index contributed by atoms with van der Waals surface area (Å²) < 4.78 is 68.6. The minimum atomic E-state index is -4.97. The Morgan fingerprint density at radius 2 is 0.608 bits per heavy atom. The fraction of sp³-hybridized carbons (Fsp3) is 0.897. The summed E-state index contributed by atoms with van der Waals surface area (Å²) in [4.78, 5) is 72.9. The molecule has 0 radical (unpaired) electrons. The van der Waals surface area contributed by atoms with Gasteiger partial charge < -0.3 is 33.8 Å². The Morgan fingerprint density at radius 3 is 0.918 bits per heavy atom. The van der Waals surface area contributed by atoms with Gasteiger partial charge >= 0.3 is 39.5 Å². The van der Waals surface area contributed by atoms with Crippen LogP contribution < -0.4 is 0 Å². The number of aliphatic hydroxyl groups excluding tert-OH is 1. The predicted molar refractivity (Wildman–Crippen MR) is 395 cm³/mol. The third-order valence-electron chi connectivity index (χ3n) is 17.9. The summed E-state index contributed by atoms with van der Waals surface area (Å²) in [7, 11) is -9.93. The molecule has 0 aromatic carbocycles. The number of phosphoric acid groups is 2. The van der Waals surface area contributed by atoms with Gasteiger partial charge in [0.1, 0.15) is 19.3 Å². The number of carbonyl (C=O) groups is 4. The molecule has 0 aromatic heterocycles. The number of esters is 4. The molecule has 0 bridgehead atoms. The molecule has 0 heterocycles. The molecule has 572 valence electrons. The summed E-state index contributed by atoms with van der Waals surface area (Å²) in [6.45, 7) is 11.8. The van der Waals surface area contributed by atoms with Gasteiger partial charge in [-0.25, -0.2) is 9.13 Å². The Hall–Kier alpha value is -2.46. The lowest BCUT2D eigenvalue weighted by molar-refractivity contribution is -0.161. The van der Waals surface area contributed by atoms with E-state index < -0.39 is 97.5 Å². The molecular formula is C78H148O17P2. The Kier molecular flexibility index (Phi) is 66.3. The number of aliphatic hydroxyl groups is 1. The van der Waals surface area contributed by atoms with Crippen molar-refractivity contribution in [3.8, 4) is 0 Å². The molecule has 3 N–H and O–H groups in total. The first-order valence-corrected chi connectivity index (χ1v) is 42.7. The minimum Gasteiger partial charge on any atom is -0.462 e. The molecule has 17 nitrogen and oxygen atoms in total. The average Bonchev–Trinajstić information content (AvgIpc) is 1.05. The quantitative estimate of drug-likeness (QED) is 0.0169. The van der Waals surface area contributed by atoms with Crippen molar-refractivity contribution in [2.24, 2.45) is 17.8 Å². The number of rotatable bonds is 74. The van der Waals surface area contributed by atoms with Crippen LogP contribution in [-0.4, -0.2) is 96.7 Å². The van der Waals surface area contributed by atoms with Gasteiger partial charge in [0, 0.05) is 25.7 Å². The Bertz CT molecular complexity index is 1980. The minimum absolute atomic E-state index is 0.0849. The lowest BCUT2D eigenvalue weighted by atomic mass is 10.00. The highest BCUT2D eigenvalue weighted by molar-refractivity contribution is 7.47. The van der Waals surface area contributed by atoms with Crippen molar-refractivity contribution in [1.82, 2.24) is 0 Å². The Balaban J connectivity index is 5.29. The van der Waals surface area contributed by atoms with Crippen LogP contribution >= 0.6 is 15.6 Å². The van der Waals surface area contributed by atoms with E-state index in [1.165, 1.54) is 167 Å². The molecule has 97 heavy (non-hydrogen) atoms. The molecule has 0 aromatic rings. The maximum absolute atomic E-state index is 13.1. The molecule has 0 rings (SSSR count). The van der Waals surface area contributed by atoms with E-state index in [1.54, 1.807) is 0 Å². The normalized spacial score (nSPS) is 14.5. The lowest BCUT2D eigenvalue weighted by Crippen LogP contribution is -2.30. The van der Waals surface area contributed by atoms with E-state index >= 15 is 0 Å². The van der Waals surface area contributed by atoms with Crippen LogP contribution in [0, 0.1) is 17.8 Å². The monoisotopic (exact) mass is 1420 g/mol. The molecule has 0 aliphatic carbocycles. The third-order valence-corrected chi connectivity index (χ3v) is 19.8. The molecular weight excluding hydrogens is 1270 g/mol. The largest absolute Gasteiger partial charge is 0.472 e. The number of carbonyl (C=O) groups excluding carboxylic acids is 4. The maximum atomic E-state index is 13.1. The maximum Gasteiger partial charge on any atom is 0.472 e. The van der Waals surface area contributed by atoms with Gasteiger partial charge in [0.2, 0.25) is 0 Å². The van der Waals surface area contributed by atoms with Gasteiger partial charge in [-0.1, -0.05) is 323 Å². The second kappa shape index (κ2) is 68.0. The van der Waals surface area contributed by atoms with Crippen molar-refractivity contribution in [2.45, 2.75) is 394 Å². The van der Waals surface area contributed by atoms with Crippen molar-refractivity contribution in [1.29, 1.82) is 0 Å². The second-order valence-corrected chi connectivity index (χ2v) is 31.5. The fourth-order valence-electron chi connectivity index (χ4n) is 11.4. The van der Waals surface area contributed by atoms with Gasteiger partial charge in [0.15, 0.2) is 12.2 Å². The highest BCUT2D eigenvalue weighted by Crippen LogP contribution is 2.45. The molecule has 0 spiro atoms. The number of allylic oxidation sites excluding steroid dienone is 4. The summed E-state index contributed by atoms with van der Waals surface area (Å²) in [6.07, 6.45) is 57.7. The predicted octanol–water partition coefficient (Wildman–Crippen LogP) is 22.5. The van der Waals surface area contributed by atoms with Crippen LogP contribution in [0.1, 0.15) is 376 Å². The van der Waals surface area contributed by atoms with Gasteiger partial charge in [0.05, 0.1) is 26.4 Å². The zero-order valence-corrected chi connectivity index (χ0v) is 64.8. The van der Waals surface area contributed by atoms with Crippen LogP contribution in [0.25, 0.3) is 0 Å². The molecule has 0 aliphatic heterocycles. The standard InChI is InChI=1S/C78H148O17P2/c1-8-10-11-12-13-14-15-16-17-22-28-33-38-47-54-61-77(82)94-73(65-88-75(80)59-52-45-37-32-27-21-19-18-20-25-30-35-42-49-56-69(3)4)67-92-96(84,85)90-63-72(79)64-91-97(86,87)93-68-74(66-89-76(81)60-53-46-41-40-44-51-58-71(7)9-2)95-78(83)62-55-48-39-34-29-24-23-26-31-36-43-50-57-70(5)6/h14-17,69-74,79H,8-13,18-68H2,1-7H3,(H,84,85)(H,86,87)/b15-14-,17-16-/t71?,72-,73-,74-/m1/s1. The van der Waals surface area contributed by atoms with Crippen LogP contribution in [0.15, 0.2) is 24.3 Å². The topological polar surface area (TPSA) is 237 Å². The number of ether oxygens (including phenoxy) is 4. The van der Waals surface area contributed by atoms with E-state index in [1.807, 2.05) is 0 Å². The van der Waals surface area contributed by atoms with Crippen LogP contribution in [0.4, 0.5) is 0 Å². The molecule has 6 atom stereocenters. The molecule has 19 heteroatoms. The second-order valence-electron chi connectivity index (χ2n) is 28.6. The molecule has 3 unspecified atom stereocenters. The average molecular weight is 1420 g/mol. The molecule has 0 amide bonds. The first-order valence-electron chi connectivity index (χ1n) is 39.7. The summed E-state index contributed by atoms with van der Waals surface area (Å²) in [5.74, 6) is 0.155. The number of phosphoric ester groups is 2. The van der Waals surface area contributed by atoms with Gasteiger partial charge in [-0.15, -0.1) is 0 Å². The summed E-state index contributed by atoms with van der Waals surface area (Å²) in [5.41, 5.74) is 0. The Labute approximate surface area is 592 Å². The van der Waals surface area contributed by atoms with E-state index in [2.05, 4.69) is 72.8 Å². The molecule has 0 aliphatic rings. The van der Waals surface area contributed by atoms with E-state index in [-0.39, 0.29) is 25.7 Å². The van der Waals surface area contributed by atoms with Crippen LogP contribution in [-0.2, 0) is 65.4 Å². The SMILES string of the molecule is CCCCCC/C=C\C=C/CCCCCCCC(=O)O[C@H](COC(=O)CCCCCCCCCCCCCCCCC(C)C)COP(=O)(O)OC[C@@H](O)COP(=O)(O)OC[C@@H](COC(=O)CCCCCCCCC(C)CC)OC(=O)CCCCCCCCCCCCCCC(C)C. The van der Waals surface area contributed by atoms with Gasteiger partial charge in [-0.2, -0.15) is 0 Å². The van der Waals surface area contributed by atoms with E-state index in [4.69, 9.17) is 37.0 Å². The van der Waals surface area contributed by atoms with Crippen molar-refractivity contribution in [2.75, 3.05) is 39.6 Å². The number of hydrogen-bond acceptors (Lipinski definition) is 15. The van der Waals surface area contributed by atoms with Crippen LogP contribution in [0.2, 0.25) is 0 Å².